The van der Waals surface area contributed by atoms with E-state index in [1.165, 1.54) is 6.20 Å². The van der Waals surface area contributed by atoms with E-state index in [1.54, 1.807) is 7.11 Å². The van der Waals surface area contributed by atoms with Crippen molar-refractivity contribution < 1.29 is 4.74 Å². The highest BCUT2D eigenvalue weighted by Crippen LogP contribution is 2.40. The molecule has 0 aliphatic carbocycles. The van der Waals surface area contributed by atoms with E-state index in [-0.39, 0.29) is 0 Å². The molecule has 0 aliphatic heterocycles. The van der Waals surface area contributed by atoms with Crippen LogP contribution in [0.15, 0.2) is 21.2 Å². The quantitative estimate of drug-likeness (QED) is 0.851. The summed E-state index contributed by atoms with van der Waals surface area (Å²) in [5, 5.41) is 9.58. The molecule has 0 fully saturated rings. The van der Waals surface area contributed by atoms with Gasteiger partial charge < -0.3 is 10.5 Å². The van der Waals surface area contributed by atoms with Gasteiger partial charge >= 0.3 is 0 Å². The molecule has 2 aromatic rings. The third-order valence-electron chi connectivity index (χ3n) is 2.37. The van der Waals surface area contributed by atoms with Crippen LogP contribution in [0.2, 0.25) is 0 Å². The van der Waals surface area contributed by atoms with E-state index in [0.29, 0.717) is 27.9 Å². The lowest BCUT2D eigenvalue weighted by molar-refractivity contribution is 0.417. The van der Waals surface area contributed by atoms with Gasteiger partial charge in [-0.05, 0) is 37.9 Å². The van der Waals surface area contributed by atoms with Gasteiger partial charge in [-0.1, -0.05) is 0 Å². The van der Waals surface area contributed by atoms with Crippen molar-refractivity contribution in [3.05, 3.63) is 26.8 Å². The molecule has 0 radical (unpaired) electrons. The van der Waals surface area contributed by atoms with Crippen LogP contribution in [0.25, 0.3) is 10.9 Å². The summed E-state index contributed by atoms with van der Waals surface area (Å²) in [7, 11) is 1.55. The molecule has 17 heavy (non-hydrogen) atoms. The largest absolute Gasteiger partial charge is 0.495 e. The van der Waals surface area contributed by atoms with E-state index in [2.05, 4.69) is 36.8 Å². The van der Waals surface area contributed by atoms with Gasteiger partial charge in [0.05, 0.1) is 33.7 Å². The highest BCUT2D eigenvalue weighted by atomic mass is 79.9. The van der Waals surface area contributed by atoms with Crippen molar-refractivity contribution >= 4 is 48.5 Å². The number of nitrogen functional groups attached to an aromatic ring is 1. The minimum Gasteiger partial charge on any atom is -0.495 e. The molecule has 0 bridgehead atoms. The molecule has 0 saturated heterocycles. The Morgan fingerprint density at radius 3 is 2.71 bits per heavy atom. The monoisotopic (exact) mass is 355 g/mol. The van der Waals surface area contributed by atoms with Crippen LogP contribution >= 0.6 is 31.9 Å². The van der Waals surface area contributed by atoms with Gasteiger partial charge in [0.15, 0.2) is 0 Å². The van der Waals surface area contributed by atoms with E-state index in [9.17, 15) is 0 Å². The van der Waals surface area contributed by atoms with Gasteiger partial charge in [-0.15, -0.1) is 0 Å². The Bertz CT molecular complexity index is 644. The number of halogens is 2. The van der Waals surface area contributed by atoms with Gasteiger partial charge in [0.1, 0.15) is 11.8 Å². The van der Waals surface area contributed by atoms with Gasteiger partial charge in [0.25, 0.3) is 0 Å². The number of hydrogen-bond acceptors (Lipinski definition) is 4. The molecule has 4 nitrogen and oxygen atoms in total. The van der Waals surface area contributed by atoms with E-state index in [0.717, 1.165) is 8.95 Å². The molecule has 0 amide bonds. The second-order valence-electron chi connectivity index (χ2n) is 3.29. The first kappa shape index (κ1) is 12.1. The predicted molar refractivity (Wildman–Crippen MR) is 72.8 cm³/mol. The molecule has 0 saturated carbocycles. The predicted octanol–water partition coefficient (Wildman–Crippen LogP) is 3.22. The summed E-state index contributed by atoms with van der Waals surface area (Å²) in [4.78, 5) is 4.21. The van der Waals surface area contributed by atoms with Gasteiger partial charge in [-0.3, -0.25) is 4.98 Å². The minimum atomic E-state index is 0.334. The molecule has 6 heteroatoms. The molecule has 0 spiro atoms. The van der Waals surface area contributed by atoms with Crippen LogP contribution in [0.5, 0.6) is 5.75 Å². The second-order valence-corrected chi connectivity index (χ2v) is 5.00. The van der Waals surface area contributed by atoms with Crippen LogP contribution < -0.4 is 10.5 Å². The number of nitrogens with zero attached hydrogens (tertiary/aromatic N) is 2. The molecule has 1 aromatic carbocycles. The van der Waals surface area contributed by atoms with Crippen molar-refractivity contribution in [3.8, 4) is 11.8 Å². The van der Waals surface area contributed by atoms with Crippen molar-refractivity contribution in [2.75, 3.05) is 12.8 Å². The fraction of sp³-hybridized carbons (Fsp3) is 0.0909. The van der Waals surface area contributed by atoms with Gasteiger partial charge in [-0.2, -0.15) is 5.26 Å². The summed E-state index contributed by atoms with van der Waals surface area (Å²) in [5.41, 5.74) is 7.33. The molecule has 1 heterocycles. The van der Waals surface area contributed by atoms with Crippen LogP contribution in [0.3, 0.4) is 0 Å². The average molecular weight is 357 g/mol. The lowest BCUT2D eigenvalue weighted by Gasteiger charge is -2.11. The van der Waals surface area contributed by atoms with Gasteiger partial charge in [-0.25, -0.2) is 0 Å². The molecule has 86 valence electrons. The maximum absolute atomic E-state index is 8.95. The fourth-order valence-corrected chi connectivity index (χ4v) is 3.02. The number of fused-ring (bicyclic) bond motifs is 1. The molecule has 2 rings (SSSR count). The van der Waals surface area contributed by atoms with E-state index in [1.807, 2.05) is 12.1 Å². The first-order valence-electron chi connectivity index (χ1n) is 4.60. The van der Waals surface area contributed by atoms with E-state index >= 15 is 0 Å². The number of nitriles is 1. The molecule has 2 N–H and O–H groups in total. The zero-order valence-corrected chi connectivity index (χ0v) is 12.0. The number of rotatable bonds is 1. The summed E-state index contributed by atoms with van der Waals surface area (Å²) in [6.45, 7) is 0. The van der Waals surface area contributed by atoms with E-state index < -0.39 is 0 Å². The Hall–Kier alpha value is -1.32. The lowest BCUT2D eigenvalue weighted by Crippen LogP contribution is -1.98. The van der Waals surface area contributed by atoms with Crippen molar-refractivity contribution in [1.82, 2.24) is 4.98 Å². The third kappa shape index (κ3) is 1.85. The maximum atomic E-state index is 8.95. The van der Waals surface area contributed by atoms with Crippen LogP contribution in [-0.2, 0) is 0 Å². The van der Waals surface area contributed by atoms with Gasteiger partial charge in [0.2, 0.25) is 0 Å². The highest BCUT2D eigenvalue weighted by Gasteiger charge is 2.16. The maximum Gasteiger partial charge on any atom is 0.144 e. The van der Waals surface area contributed by atoms with Crippen LogP contribution in [0, 0.1) is 11.3 Å². The normalized spacial score (nSPS) is 10.2. The summed E-state index contributed by atoms with van der Waals surface area (Å²) in [5.74, 6) is 0.574. The Labute approximate surface area is 115 Å². The molecule has 1 aromatic heterocycles. The minimum absolute atomic E-state index is 0.334. The van der Waals surface area contributed by atoms with Crippen molar-refractivity contribution in [2.24, 2.45) is 0 Å². The molecular weight excluding hydrogens is 350 g/mol. The Balaban J connectivity index is 3.02. The van der Waals surface area contributed by atoms with E-state index in [4.69, 9.17) is 15.7 Å². The number of nitrogens with two attached hydrogens (primary N) is 1. The average Bonchev–Trinajstić information content (AvgIpc) is 2.30. The third-order valence-corrected chi connectivity index (χ3v) is 3.56. The number of hydrogen-bond donors (Lipinski definition) is 1. The molecular formula is C11H7Br2N3O. The number of benzene rings is 1. The first-order chi connectivity index (χ1) is 8.10. The van der Waals surface area contributed by atoms with Crippen molar-refractivity contribution in [2.45, 2.75) is 0 Å². The number of ether oxygens (including phenoxy) is 1. The number of pyridine rings is 1. The standard InChI is InChI=1S/C11H7Br2N3O/c1-17-11-7(13)2-6(12)10-8(11)9(15)5(3-14)4-16-10/h2,4H,1H3,(H2,15,16). The fourth-order valence-electron chi connectivity index (χ4n) is 1.59. The Morgan fingerprint density at radius 2 is 2.12 bits per heavy atom. The van der Waals surface area contributed by atoms with Crippen LogP contribution in [0.4, 0.5) is 5.69 Å². The smallest absolute Gasteiger partial charge is 0.144 e. The summed E-state index contributed by atoms with van der Waals surface area (Å²) in [6, 6.07) is 3.84. The second kappa shape index (κ2) is 4.51. The summed E-state index contributed by atoms with van der Waals surface area (Å²) >= 11 is 6.79. The Kier molecular flexibility index (Phi) is 3.22. The number of aromatic nitrogens is 1. The zero-order valence-electron chi connectivity index (χ0n) is 8.79. The molecule has 0 unspecified atom stereocenters. The Morgan fingerprint density at radius 1 is 1.41 bits per heavy atom. The van der Waals surface area contributed by atoms with Crippen LogP contribution in [0.1, 0.15) is 5.56 Å². The van der Waals surface area contributed by atoms with Crippen LogP contribution in [-0.4, -0.2) is 12.1 Å². The topological polar surface area (TPSA) is 71.9 Å². The highest BCUT2D eigenvalue weighted by molar-refractivity contribution is 9.11. The summed E-state index contributed by atoms with van der Waals surface area (Å²) < 4.78 is 6.84. The number of anilines is 1. The SMILES string of the molecule is COc1c(Br)cc(Br)c2ncc(C#N)c(N)c12. The molecule has 0 atom stereocenters. The van der Waals surface area contributed by atoms with Crippen molar-refractivity contribution in [3.63, 3.8) is 0 Å². The molecule has 0 aliphatic rings. The summed E-state index contributed by atoms with van der Waals surface area (Å²) in [6.07, 6.45) is 1.45. The van der Waals surface area contributed by atoms with Crippen molar-refractivity contribution in [1.29, 1.82) is 5.26 Å². The zero-order chi connectivity index (χ0) is 12.6. The lowest BCUT2D eigenvalue weighted by atomic mass is 10.1. The first-order valence-corrected chi connectivity index (χ1v) is 6.19. The number of methoxy groups -OCH3 is 1. The van der Waals surface area contributed by atoms with Gasteiger partial charge in [0, 0.05) is 10.7 Å².